The summed E-state index contributed by atoms with van der Waals surface area (Å²) in [5.41, 5.74) is 9.61. The van der Waals surface area contributed by atoms with Crippen LogP contribution < -0.4 is 4.74 Å². The first-order chi connectivity index (χ1) is 18.7. The smallest absolute Gasteiger partial charge is 0.184 e. The first kappa shape index (κ1) is 31.9. The van der Waals surface area contributed by atoms with Crippen LogP contribution in [0.4, 0.5) is 0 Å². The molecule has 3 rings (SSSR count). The van der Waals surface area contributed by atoms with Gasteiger partial charge in [0.15, 0.2) is 9.84 Å². The molecule has 1 aliphatic rings. The van der Waals surface area contributed by atoms with Gasteiger partial charge in [-0.15, -0.1) is 0 Å². The van der Waals surface area contributed by atoms with E-state index in [2.05, 4.69) is 74.5 Å². The Labute approximate surface area is 244 Å². The van der Waals surface area contributed by atoms with E-state index in [-0.39, 0.29) is 0 Å². The highest BCUT2D eigenvalue weighted by atomic mass is 32.2. The predicted octanol–water partition coefficient (Wildman–Crippen LogP) is 9.66. The minimum atomic E-state index is -3.58. The molecule has 1 aliphatic heterocycles. The number of sulfone groups is 1. The van der Waals surface area contributed by atoms with Crippen molar-refractivity contribution in [1.82, 2.24) is 0 Å². The second-order valence-corrected chi connectivity index (χ2v) is 14.5. The SMILES string of the molecule is CC(C)=CCC/C(C)=C/CC/C(C)=C/C(C[C@]1(C)CCc2c(C)c(C)c(C)c(C)c2O1)S(=O)(=O)c1ccccc1. The van der Waals surface area contributed by atoms with Gasteiger partial charge in [0, 0.05) is 6.42 Å². The van der Waals surface area contributed by atoms with Crippen molar-refractivity contribution < 1.29 is 13.2 Å². The molecular formula is C36H50O3S. The summed E-state index contributed by atoms with van der Waals surface area (Å²) in [5, 5.41) is -0.655. The van der Waals surface area contributed by atoms with Crippen LogP contribution in [0.1, 0.15) is 101 Å². The maximum absolute atomic E-state index is 14.0. The standard InChI is InChI=1S/C36H50O3S/c1-25(2)15-13-16-26(3)17-14-18-27(4)23-33(40(37,38)32-19-11-10-12-20-32)24-36(9)22-21-34-30(7)28(5)29(6)31(8)35(34)39-36/h10-12,15,17,19-20,23,33H,13-14,16,18,21-22,24H2,1-9H3/b26-17+,27-23+/t33?,36-/m0/s1. The second kappa shape index (κ2) is 13.4. The molecule has 40 heavy (non-hydrogen) atoms. The Morgan fingerprint density at radius 3 is 2.12 bits per heavy atom. The molecule has 1 heterocycles. The number of benzene rings is 2. The molecule has 0 bridgehead atoms. The first-order valence-corrected chi connectivity index (χ1v) is 16.3. The van der Waals surface area contributed by atoms with Crippen LogP contribution in [0.15, 0.2) is 70.2 Å². The molecule has 0 saturated heterocycles. The third kappa shape index (κ3) is 7.78. The Hall–Kier alpha value is -2.59. The lowest BCUT2D eigenvalue weighted by Gasteiger charge is -2.39. The predicted molar refractivity (Wildman–Crippen MR) is 170 cm³/mol. The Morgan fingerprint density at radius 1 is 0.875 bits per heavy atom. The van der Waals surface area contributed by atoms with Gasteiger partial charge in [-0.1, -0.05) is 53.1 Å². The zero-order chi connectivity index (χ0) is 29.7. The van der Waals surface area contributed by atoms with Crippen molar-refractivity contribution in [1.29, 1.82) is 0 Å². The Bertz CT molecular complexity index is 1390. The Kier molecular flexibility index (Phi) is 10.7. The van der Waals surface area contributed by atoms with Crippen molar-refractivity contribution >= 4 is 9.84 Å². The van der Waals surface area contributed by atoms with Crippen molar-refractivity contribution in [2.75, 3.05) is 0 Å². The maximum atomic E-state index is 14.0. The van der Waals surface area contributed by atoms with Gasteiger partial charge < -0.3 is 4.74 Å². The van der Waals surface area contributed by atoms with Gasteiger partial charge in [-0.2, -0.15) is 0 Å². The molecule has 3 nitrogen and oxygen atoms in total. The normalized spacial score (nSPS) is 18.6. The van der Waals surface area contributed by atoms with E-state index in [0.717, 1.165) is 49.8 Å². The van der Waals surface area contributed by atoms with Crippen LogP contribution in [0.25, 0.3) is 0 Å². The summed E-state index contributed by atoms with van der Waals surface area (Å²) >= 11 is 0. The van der Waals surface area contributed by atoms with Gasteiger partial charge in [0.1, 0.15) is 11.4 Å². The summed E-state index contributed by atoms with van der Waals surface area (Å²) in [6, 6.07) is 8.89. The lowest BCUT2D eigenvalue weighted by Crippen LogP contribution is -2.42. The second-order valence-electron chi connectivity index (χ2n) is 12.4. The van der Waals surface area contributed by atoms with Crippen LogP contribution >= 0.6 is 0 Å². The van der Waals surface area contributed by atoms with E-state index in [0.29, 0.717) is 11.3 Å². The first-order valence-electron chi connectivity index (χ1n) is 14.8. The van der Waals surface area contributed by atoms with E-state index in [9.17, 15) is 8.42 Å². The van der Waals surface area contributed by atoms with Crippen molar-refractivity contribution in [3.05, 3.63) is 93.1 Å². The fourth-order valence-corrected chi connectivity index (χ4v) is 7.60. The van der Waals surface area contributed by atoms with Gasteiger partial charge in [0.05, 0.1) is 10.1 Å². The minimum absolute atomic E-state index is 0.373. The summed E-state index contributed by atoms with van der Waals surface area (Å²) < 4.78 is 34.7. The number of allylic oxidation sites excluding steroid dienone is 5. The van der Waals surface area contributed by atoms with Gasteiger partial charge in [-0.05, 0) is 141 Å². The van der Waals surface area contributed by atoms with Crippen LogP contribution in [-0.4, -0.2) is 19.3 Å². The lowest BCUT2D eigenvalue weighted by molar-refractivity contribution is 0.0566. The highest BCUT2D eigenvalue weighted by Crippen LogP contribution is 2.43. The molecule has 0 amide bonds. The highest BCUT2D eigenvalue weighted by molar-refractivity contribution is 7.92. The average Bonchev–Trinajstić information content (AvgIpc) is 2.90. The van der Waals surface area contributed by atoms with Crippen molar-refractivity contribution in [3.8, 4) is 5.75 Å². The number of ether oxygens (including phenoxy) is 1. The molecular weight excluding hydrogens is 512 g/mol. The van der Waals surface area contributed by atoms with Crippen LogP contribution in [0, 0.1) is 27.7 Å². The Morgan fingerprint density at radius 2 is 1.48 bits per heavy atom. The summed E-state index contributed by atoms with van der Waals surface area (Å²) in [6.45, 7) is 19.3. The van der Waals surface area contributed by atoms with Gasteiger partial charge in [0.2, 0.25) is 0 Å². The van der Waals surface area contributed by atoms with E-state index >= 15 is 0 Å². The zero-order valence-corrected chi connectivity index (χ0v) is 27.1. The Balaban J connectivity index is 1.87. The third-order valence-corrected chi connectivity index (χ3v) is 10.7. The molecule has 218 valence electrons. The average molecular weight is 563 g/mol. The molecule has 0 fully saturated rings. The largest absolute Gasteiger partial charge is 0.487 e. The fraction of sp³-hybridized carbons (Fsp3) is 0.500. The van der Waals surface area contributed by atoms with E-state index in [4.69, 9.17) is 4.74 Å². The molecule has 2 aromatic rings. The van der Waals surface area contributed by atoms with E-state index in [1.165, 1.54) is 39.0 Å². The highest BCUT2D eigenvalue weighted by Gasteiger charge is 2.39. The summed E-state index contributed by atoms with van der Waals surface area (Å²) in [6.07, 6.45) is 12.6. The third-order valence-electron chi connectivity index (χ3n) is 8.70. The van der Waals surface area contributed by atoms with E-state index in [1.54, 1.807) is 24.3 Å². The number of rotatable bonds is 11. The summed E-state index contributed by atoms with van der Waals surface area (Å²) in [5.74, 6) is 0.958. The maximum Gasteiger partial charge on any atom is 0.184 e. The van der Waals surface area contributed by atoms with Crippen LogP contribution in [0.5, 0.6) is 5.75 Å². The topological polar surface area (TPSA) is 43.4 Å². The van der Waals surface area contributed by atoms with Crippen LogP contribution in [0.2, 0.25) is 0 Å². The molecule has 2 aromatic carbocycles. The van der Waals surface area contributed by atoms with E-state index < -0.39 is 20.7 Å². The lowest BCUT2D eigenvalue weighted by atomic mass is 9.83. The van der Waals surface area contributed by atoms with Gasteiger partial charge >= 0.3 is 0 Å². The molecule has 0 aromatic heterocycles. The quantitative estimate of drug-likeness (QED) is 0.256. The van der Waals surface area contributed by atoms with Crippen LogP contribution in [-0.2, 0) is 16.3 Å². The monoisotopic (exact) mass is 562 g/mol. The fourth-order valence-electron chi connectivity index (χ4n) is 5.73. The van der Waals surface area contributed by atoms with Gasteiger partial charge in [0.25, 0.3) is 0 Å². The summed E-state index contributed by atoms with van der Waals surface area (Å²) in [4.78, 5) is 0.373. The molecule has 4 heteroatoms. The van der Waals surface area contributed by atoms with Crippen molar-refractivity contribution in [2.45, 2.75) is 123 Å². The molecule has 0 radical (unpaired) electrons. The zero-order valence-electron chi connectivity index (χ0n) is 26.3. The number of hydrogen-bond donors (Lipinski definition) is 0. The molecule has 0 aliphatic carbocycles. The number of hydrogen-bond acceptors (Lipinski definition) is 3. The van der Waals surface area contributed by atoms with Gasteiger partial charge in [-0.3, -0.25) is 0 Å². The van der Waals surface area contributed by atoms with Crippen LogP contribution in [0.3, 0.4) is 0 Å². The molecule has 2 atom stereocenters. The molecule has 0 spiro atoms. The van der Waals surface area contributed by atoms with E-state index in [1.807, 2.05) is 12.1 Å². The molecule has 0 N–H and O–H groups in total. The minimum Gasteiger partial charge on any atom is -0.487 e. The molecule has 0 saturated carbocycles. The number of fused-ring (bicyclic) bond motifs is 1. The van der Waals surface area contributed by atoms with Crippen molar-refractivity contribution in [2.24, 2.45) is 0 Å². The van der Waals surface area contributed by atoms with Gasteiger partial charge in [-0.25, -0.2) is 8.42 Å². The molecule has 1 unspecified atom stereocenters. The summed E-state index contributed by atoms with van der Waals surface area (Å²) in [7, 11) is -3.58. The van der Waals surface area contributed by atoms with Crippen molar-refractivity contribution in [3.63, 3.8) is 0 Å².